The van der Waals surface area contributed by atoms with E-state index in [-0.39, 0.29) is 38.9 Å². The van der Waals surface area contributed by atoms with Gasteiger partial charge in [0.15, 0.2) is 5.75 Å². The van der Waals surface area contributed by atoms with E-state index in [9.17, 15) is 35.5 Å². The lowest BCUT2D eigenvalue weighted by atomic mass is 9.95. The number of carbonyl (C=O) groups is 1. The summed E-state index contributed by atoms with van der Waals surface area (Å²) in [6.07, 6.45) is -7.77. The second-order valence-electron chi connectivity index (χ2n) is 7.62. The van der Waals surface area contributed by atoms with Gasteiger partial charge in [-0.05, 0) is 35.9 Å². The number of alkyl halides is 6. The molecule has 0 fully saturated rings. The first-order valence-electron chi connectivity index (χ1n) is 10.3. The molecule has 1 aromatic heterocycles. The summed E-state index contributed by atoms with van der Waals surface area (Å²) in [4.78, 5) is 19.9. The maximum Gasteiger partial charge on any atom is 0.417 e. The van der Waals surface area contributed by atoms with Crippen molar-refractivity contribution in [2.75, 3.05) is 12.5 Å². The van der Waals surface area contributed by atoms with Gasteiger partial charge in [-0.2, -0.15) is 26.3 Å². The fourth-order valence-corrected chi connectivity index (χ4v) is 3.78. The van der Waals surface area contributed by atoms with Crippen molar-refractivity contribution in [2.45, 2.75) is 18.3 Å². The number of nitrogens with zero attached hydrogens (tertiary/aromatic N) is 2. The maximum atomic E-state index is 15.0. The van der Waals surface area contributed by atoms with Crippen LogP contribution in [-0.2, 0) is 6.18 Å². The standard InChI is InChI=1S/C23H14Cl3F7N4O2/c1-39-12-8-34-21(35-9-12)37-36-20(38)13-3-2-10(4-15(13)23(31,32)33)18(27)7-14(22(28,29)30)11-5-16(24)19(26)17(25)6-11/h2-9,14H,1H3,(H,36,38)(H,34,35,37). The summed E-state index contributed by atoms with van der Waals surface area (Å²) in [7, 11) is 1.35. The van der Waals surface area contributed by atoms with Crippen molar-refractivity contribution in [3.05, 3.63) is 86.1 Å². The highest BCUT2D eigenvalue weighted by molar-refractivity contribution is 6.48. The van der Waals surface area contributed by atoms with Gasteiger partial charge in [-0.3, -0.25) is 15.6 Å². The molecule has 0 radical (unpaired) electrons. The van der Waals surface area contributed by atoms with Gasteiger partial charge < -0.3 is 4.74 Å². The summed E-state index contributed by atoms with van der Waals surface area (Å²) in [6.45, 7) is 0. The Morgan fingerprint density at radius 3 is 2.10 bits per heavy atom. The first-order valence-corrected chi connectivity index (χ1v) is 11.5. The molecular weight excluding hydrogens is 604 g/mol. The third kappa shape index (κ3) is 7.43. The minimum atomic E-state index is -5.18. The van der Waals surface area contributed by atoms with Gasteiger partial charge >= 0.3 is 12.4 Å². The molecule has 0 saturated heterocycles. The number of anilines is 1. The highest BCUT2D eigenvalue weighted by Gasteiger charge is 2.41. The number of hydrazine groups is 1. The molecule has 0 aliphatic heterocycles. The topological polar surface area (TPSA) is 76.1 Å². The molecule has 16 heteroatoms. The van der Waals surface area contributed by atoms with Crippen LogP contribution in [0, 0.1) is 0 Å². The van der Waals surface area contributed by atoms with Gasteiger partial charge in [-0.15, -0.1) is 0 Å². The normalized spacial score (nSPS) is 13.2. The zero-order valence-corrected chi connectivity index (χ0v) is 21.5. The lowest BCUT2D eigenvalue weighted by Crippen LogP contribution is -2.32. The molecule has 0 spiro atoms. The van der Waals surface area contributed by atoms with Crippen LogP contribution in [0.2, 0.25) is 15.1 Å². The molecule has 3 rings (SSSR count). The van der Waals surface area contributed by atoms with Gasteiger partial charge in [0.05, 0.1) is 45.7 Å². The predicted octanol–water partition coefficient (Wildman–Crippen LogP) is 7.88. The monoisotopic (exact) mass is 616 g/mol. The number of benzene rings is 2. The van der Waals surface area contributed by atoms with E-state index >= 15 is 0 Å². The van der Waals surface area contributed by atoms with Crippen molar-refractivity contribution < 1.29 is 40.3 Å². The smallest absolute Gasteiger partial charge is 0.417 e. The van der Waals surface area contributed by atoms with Gasteiger partial charge in [0.25, 0.3) is 5.91 Å². The summed E-state index contributed by atoms with van der Waals surface area (Å²) in [5.41, 5.74) is 0.116. The van der Waals surface area contributed by atoms with E-state index in [1.807, 2.05) is 5.43 Å². The van der Waals surface area contributed by atoms with Crippen LogP contribution in [0.5, 0.6) is 5.75 Å². The van der Waals surface area contributed by atoms with Crippen LogP contribution in [0.4, 0.5) is 36.7 Å². The Morgan fingerprint density at radius 2 is 1.59 bits per heavy atom. The Balaban J connectivity index is 1.95. The molecule has 2 aromatic carbocycles. The Hall–Kier alpha value is -3.29. The van der Waals surface area contributed by atoms with Crippen molar-refractivity contribution in [1.29, 1.82) is 0 Å². The summed E-state index contributed by atoms with van der Waals surface area (Å²) >= 11 is 17.3. The molecule has 0 bridgehead atoms. The number of methoxy groups -OCH3 is 1. The van der Waals surface area contributed by atoms with Crippen LogP contribution in [0.1, 0.15) is 33.0 Å². The number of halogens is 10. The Morgan fingerprint density at radius 1 is 1.00 bits per heavy atom. The third-order valence-corrected chi connectivity index (χ3v) is 6.22. The van der Waals surface area contributed by atoms with Crippen molar-refractivity contribution >= 4 is 52.5 Å². The van der Waals surface area contributed by atoms with Crippen LogP contribution in [-0.4, -0.2) is 29.2 Å². The van der Waals surface area contributed by atoms with Crippen molar-refractivity contribution in [2.24, 2.45) is 0 Å². The van der Waals surface area contributed by atoms with Crippen molar-refractivity contribution in [1.82, 2.24) is 15.4 Å². The molecule has 0 saturated carbocycles. The van der Waals surface area contributed by atoms with E-state index in [0.717, 1.165) is 18.2 Å². The Kier molecular flexibility index (Phi) is 9.19. The van der Waals surface area contributed by atoms with Crippen molar-refractivity contribution in [3.8, 4) is 5.75 Å². The Labute approximate surface area is 230 Å². The van der Waals surface area contributed by atoms with E-state index in [0.29, 0.717) is 6.07 Å². The molecule has 3 aromatic rings. The van der Waals surface area contributed by atoms with Crippen LogP contribution in [0.3, 0.4) is 0 Å². The molecule has 1 atom stereocenters. The number of nitrogens with one attached hydrogen (secondary N) is 2. The third-order valence-electron chi connectivity index (χ3n) is 5.03. The van der Waals surface area contributed by atoms with E-state index in [2.05, 4.69) is 15.4 Å². The lowest BCUT2D eigenvalue weighted by molar-refractivity contribution is -0.140. The molecule has 0 aliphatic rings. The zero-order chi connectivity index (χ0) is 29.1. The number of ether oxygens (including phenoxy) is 1. The fraction of sp³-hybridized carbons (Fsp3) is 0.174. The quantitative estimate of drug-likeness (QED) is 0.160. The van der Waals surface area contributed by atoms with Crippen molar-refractivity contribution in [3.63, 3.8) is 0 Å². The second kappa shape index (κ2) is 11.8. The summed E-state index contributed by atoms with van der Waals surface area (Å²) < 4.78 is 102. The molecule has 2 N–H and O–H groups in total. The molecule has 1 heterocycles. The molecule has 0 aliphatic carbocycles. The number of rotatable bonds is 7. The number of amides is 1. The number of hydrogen-bond donors (Lipinski definition) is 2. The van der Waals surface area contributed by atoms with Gasteiger partial charge in [-0.1, -0.05) is 40.9 Å². The van der Waals surface area contributed by atoms with Gasteiger partial charge in [0.1, 0.15) is 11.7 Å². The van der Waals surface area contributed by atoms with E-state index in [1.165, 1.54) is 19.5 Å². The Bertz CT molecular complexity index is 1370. The number of aromatic nitrogens is 2. The maximum absolute atomic E-state index is 15.0. The number of carbonyl (C=O) groups excluding carboxylic acids is 1. The molecule has 6 nitrogen and oxygen atoms in total. The van der Waals surface area contributed by atoms with Crippen LogP contribution < -0.4 is 15.6 Å². The molecule has 208 valence electrons. The lowest BCUT2D eigenvalue weighted by Gasteiger charge is -2.19. The fourth-order valence-electron chi connectivity index (χ4n) is 3.17. The molecule has 1 unspecified atom stereocenters. The van der Waals surface area contributed by atoms with Gasteiger partial charge in [0, 0.05) is 5.56 Å². The summed E-state index contributed by atoms with van der Waals surface area (Å²) in [6, 6.07) is 3.16. The largest absolute Gasteiger partial charge is 0.494 e. The van der Waals surface area contributed by atoms with Crippen LogP contribution in [0.25, 0.3) is 5.83 Å². The average molecular weight is 618 g/mol. The second-order valence-corrected chi connectivity index (χ2v) is 8.81. The van der Waals surface area contributed by atoms with Crippen LogP contribution in [0.15, 0.2) is 48.8 Å². The van der Waals surface area contributed by atoms with Gasteiger partial charge in [0.2, 0.25) is 5.95 Å². The van der Waals surface area contributed by atoms with E-state index in [4.69, 9.17) is 39.5 Å². The number of hydrogen-bond acceptors (Lipinski definition) is 5. The zero-order valence-electron chi connectivity index (χ0n) is 19.2. The molecule has 39 heavy (non-hydrogen) atoms. The van der Waals surface area contributed by atoms with Crippen LogP contribution >= 0.6 is 34.8 Å². The summed E-state index contributed by atoms with van der Waals surface area (Å²) in [5, 5.41) is -0.916. The van der Waals surface area contributed by atoms with Gasteiger partial charge in [-0.25, -0.2) is 14.4 Å². The minimum absolute atomic E-state index is 0.0632. The predicted molar refractivity (Wildman–Crippen MR) is 130 cm³/mol. The average Bonchev–Trinajstić information content (AvgIpc) is 2.87. The van der Waals surface area contributed by atoms with E-state index in [1.54, 1.807) is 0 Å². The molecular formula is C23H14Cl3F7N4O2. The van der Waals surface area contributed by atoms with E-state index < -0.39 is 52.3 Å². The molecule has 1 amide bonds. The first-order chi connectivity index (χ1) is 18.1. The number of allylic oxidation sites excluding steroid dienone is 1. The minimum Gasteiger partial charge on any atom is -0.494 e. The summed E-state index contributed by atoms with van der Waals surface area (Å²) in [5.74, 6) is -5.52. The highest BCUT2D eigenvalue weighted by atomic mass is 35.5. The highest BCUT2D eigenvalue weighted by Crippen LogP contribution is 2.42. The first kappa shape index (κ1) is 30.3. The SMILES string of the molecule is COc1cnc(NNC(=O)c2ccc(C(F)=CC(c3cc(Cl)c(Cl)c(Cl)c3)C(F)(F)F)cc2C(F)(F)F)nc1.